The van der Waals surface area contributed by atoms with Crippen molar-refractivity contribution in [2.75, 3.05) is 11.8 Å². The third-order valence-corrected chi connectivity index (χ3v) is 6.26. The van der Waals surface area contributed by atoms with Crippen LogP contribution >= 0.6 is 33.9 Å². The number of benzene rings is 1. The van der Waals surface area contributed by atoms with Crippen LogP contribution in [0.2, 0.25) is 0 Å². The summed E-state index contributed by atoms with van der Waals surface area (Å²) in [5.41, 5.74) is 0.371. The van der Waals surface area contributed by atoms with E-state index in [0.717, 1.165) is 4.88 Å². The molecule has 0 spiro atoms. The fraction of sp³-hybridized carbons (Fsp3) is 0.167. The summed E-state index contributed by atoms with van der Waals surface area (Å²) in [4.78, 5) is 0.932. The summed E-state index contributed by atoms with van der Waals surface area (Å²) >= 11 is 3.09. The first-order valence-electron chi connectivity index (χ1n) is 5.63. The fourth-order valence-electron chi connectivity index (χ4n) is 1.54. The first-order valence-corrected chi connectivity index (χ1v) is 9.01. The molecule has 0 fully saturated rings. The van der Waals surface area contributed by atoms with Crippen LogP contribution in [0.15, 0.2) is 34.5 Å². The fourth-order valence-corrected chi connectivity index (χ4v) is 4.78. The molecule has 0 aliphatic carbocycles. The van der Waals surface area contributed by atoms with Crippen LogP contribution in [0.5, 0.6) is 0 Å². The lowest BCUT2D eigenvalue weighted by atomic mass is 10.3. The van der Waals surface area contributed by atoms with E-state index in [0.29, 0.717) is 15.8 Å². The van der Waals surface area contributed by atoms with Gasteiger partial charge in [0.1, 0.15) is 10.0 Å². The highest BCUT2D eigenvalue weighted by atomic mass is 127. The smallest absolute Gasteiger partial charge is 0.271 e. The lowest BCUT2D eigenvalue weighted by molar-refractivity contribution is 0.603. The largest absolute Gasteiger partial charge is 0.315 e. The van der Waals surface area contributed by atoms with Gasteiger partial charge < -0.3 is 5.32 Å². The standard InChI is InChI=1S/C12H12FIN2O2S2/c1-15-7-9-3-5-12(19-9)20(17,18)16-11-4-2-8(13)6-10(11)14/h2-6,15-16H,7H2,1H3. The molecule has 0 saturated heterocycles. The van der Waals surface area contributed by atoms with Crippen LogP contribution in [-0.4, -0.2) is 15.5 Å². The quantitative estimate of drug-likeness (QED) is 0.723. The Morgan fingerprint density at radius 3 is 2.70 bits per heavy atom. The molecule has 1 aromatic heterocycles. The zero-order valence-electron chi connectivity index (χ0n) is 10.5. The molecule has 0 bridgehead atoms. The summed E-state index contributed by atoms with van der Waals surface area (Å²) < 4.78 is 40.7. The molecule has 108 valence electrons. The first-order chi connectivity index (χ1) is 9.42. The Kier molecular flexibility index (Phi) is 4.99. The minimum Gasteiger partial charge on any atom is -0.315 e. The molecule has 0 unspecified atom stereocenters. The number of hydrogen-bond acceptors (Lipinski definition) is 4. The van der Waals surface area contributed by atoms with Gasteiger partial charge in [0.05, 0.1) is 5.69 Å². The molecule has 8 heteroatoms. The maximum Gasteiger partial charge on any atom is 0.271 e. The molecule has 0 amide bonds. The van der Waals surface area contributed by atoms with Crippen molar-refractivity contribution in [3.8, 4) is 0 Å². The predicted molar refractivity (Wildman–Crippen MR) is 87.0 cm³/mol. The first kappa shape index (κ1) is 15.7. The van der Waals surface area contributed by atoms with Crippen molar-refractivity contribution >= 4 is 49.6 Å². The molecule has 0 saturated carbocycles. The van der Waals surface area contributed by atoms with Crippen LogP contribution in [0.3, 0.4) is 0 Å². The molecule has 2 aromatic rings. The number of halogens is 2. The monoisotopic (exact) mass is 426 g/mol. The van der Waals surface area contributed by atoms with Gasteiger partial charge >= 0.3 is 0 Å². The molecule has 1 heterocycles. The van der Waals surface area contributed by atoms with Gasteiger partial charge in [-0.3, -0.25) is 4.72 Å². The minimum absolute atomic E-state index is 0.239. The third-order valence-electron chi connectivity index (χ3n) is 2.43. The highest BCUT2D eigenvalue weighted by Crippen LogP contribution is 2.26. The summed E-state index contributed by atoms with van der Waals surface area (Å²) in [6, 6.07) is 7.25. The summed E-state index contributed by atoms with van der Waals surface area (Å²) in [6.07, 6.45) is 0. The van der Waals surface area contributed by atoms with Gasteiger partial charge in [-0.2, -0.15) is 0 Å². The summed E-state index contributed by atoms with van der Waals surface area (Å²) in [5.74, 6) is -0.398. The topological polar surface area (TPSA) is 58.2 Å². The molecule has 0 aliphatic rings. The van der Waals surface area contributed by atoms with Crippen LogP contribution in [0.25, 0.3) is 0 Å². The minimum atomic E-state index is -3.63. The Labute approximate surface area is 134 Å². The average molecular weight is 426 g/mol. The Balaban J connectivity index is 2.26. The van der Waals surface area contributed by atoms with E-state index in [1.54, 1.807) is 19.2 Å². The van der Waals surface area contributed by atoms with Crippen LogP contribution in [0.1, 0.15) is 4.88 Å². The molecule has 0 atom stereocenters. The average Bonchev–Trinajstić information content (AvgIpc) is 2.83. The van der Waals surface area contributed by atoms with Crippen LogP contribution in [0, 0.1) is 9.39 Å². The Morgan fingerprint density at radius 1 is 1.30 bits per heavy atom. The Morgan fingerprint density at radius 2 is 2.05 bits per heavy atom. The number of hydrogen-bond donors (Lipinski definition) is 2. The molecule has 1 aromatic carbocycles. The van der Waals surface area contributed by atoms with Gasteiger partial charge in [-0.1, -0.05) is 0 Å². The van der Waals surface area contributed by atoms with Crippen molar-refractivity contribution in [3.63, 3.8) is 0 Å². The molecule has 0 aliphatic heterocycles. The van der Waals surface area contributed by atoms with E-state index in [1.165, 1.54) is 29.5 Å². The van der Waals surface area contributed by atoms with E-state index in [1.807, 2.05) is 22.6 Å². The Hall–Kier alpha value is -0.710. The van der Waals surface area contributed by atoms with Crippen molar-refractivity contribution in [2.45, 2.75) is 10.8 Å². The highest BCUT2D eigenvalue weighted by Gasteiger charge is 2.18. The molecule has 0 radical (unpaired) electrons. The van der Waals surface area contributed by atoms with E-state index in [2.05, 4.69) is 10.0 Å². The second-order valence-corrected chi connectivity index (χ2v) is 8.22. The number of thiophene rings is 1. The van der Waals surface area contributed by atoms with Crippen molar-refractivity contribution in [1.82, 2.24) is 5.32 Å². The summed E-state index contributed by atoms with van der Waals surface area (Å²) in [6.45, 7) is 0.619. The lowest BCUT2D eigenvalue weighted by Crippen LogP contribution is -2.12. The number of sulfonamides is 1. The van der Waals surface area contributed by atoms with Gasteiger partial charge in [0.25, 0.3) is 10.0 Å². The molecule has 20 heavy (non-hydrogen) atoms. The van der Waals surface area contributed by atoms with Crippen molar-refractivity contribution < 1.29 is 12.8 Å². The van der Waals surface area contributed by atoms with E-state index in [-0.39, 0.29) is 4.21 Å². The summed E-state index contributed by atoms with van der Waals surface area (Å²) in [7, 11) is -1.83. The van der Waals surface area contributed by atoms with Gasteiger partial charge in [0, 0.05) is 15.0 Å². The van der Waals surface area contributed by atoms with Crippen molar-refractivity contribution in [2.24, 2.45) is 0 Å². The van der Waals surface area contributed by atoms with Crippen LogP contribution in [0.4, 0.5) is 10.1 Å². The highest BCUT2D eigenvalue weighted by molar-refractivity contribution is 14.1. The van der Waals surface area contributed by atoms with Gasteiger partial charge in [-0.25, -0.2) is 12.8 Å². The normalized spacial score (nSPS) is 11.6. The van der Waals surface area contributed by atoms with E-state index in [4.69, 9.17) is 0 Å². The Bertz CT molecular complexity index is 716. The predicted octanol–water partition coefficient (Wildman–Crippen LogP) is 3.01. The van der Waals surface area contributed by atoms with E-state index in [9.17, 15) is 12.8 Å². The maximum absolute atomic E-state index is 13.0. The molecule has 4 nitrogen and oxygen atoms in total. The van der Waals surface area contributed by atoms with Crippen molar-refractivity contribution in [3.05, 3.63) is 44.6 Å². The van der Waals surface area contributed by atoms with Gasteiger partial charge in [-0.05, 0) is 60.0 Å². The second-order valence-electron chi connectivity index (χ2n) is 3.98. The second kappa shape index (κ2) is 6.37. The zero-order valence-corrected chi connectivity index (χ0v) is 14.3. The van der Waals surface area contributed by atoms with Crippen LogP contribution < -0.4 is 10.0 Å². The van der Waals surface area contributed by atoms with Gasteiger partial charge in [-0.15, -0.1) is 11.3 Å². The molecule has 2 rings (SSSR count). The molecule has 2 N–H and O–H groups in total. The molecular formula is C12H12FIN2O2S2. The number of nitrogens with one attached hydrogen (secondary N) is 2. The maximum atomic E-state index is 13.0. The zero-order chi connectivity index (χ0) is 14.8. The van der Waals surface area contributed by atoms with Crippen LogP contribution in [-0.2, 0) is 16.6 Å². The molecular weight excluding hydrogens is 414 g/mol. The van der Waals surface area contributed by atoms with Gasteiger partial charge in [0.15, 0.2) is 0 Å². The van der Waals surface area contributed by atoms with E-state index >= 15 is 0 Å². The summed E-state index contributed by atoms with van der Waals surface area (Å²) in [5, 5.41) is 2.97. The third kappa shape index (κ3) is 3.68. The van der Waals surface area contributed by atoms with Gasteiger partial charge in [0.2, 0.25) is 0 Å². The number of rotatable bonds is 5. The lowest BCUT2D eigenvalue weighted by Gasteiger charge is -2.08. The van der Waals surface area contributed by atoms with E-state index < -0.39 is 15.8 Å². The number of anilines is 1. The SMILES string of the molecule is CNCc1ccc(S(=O)(=O)Nc2ccc(F)cc2I)s1. The van der Waals surface area contributed by atoms with Crippen molar-refractivity contribution in [1.29, 1.82) is 0 Å².